The summed E-state index contributed by atoms with van der Waals surface area (Å²) < 4.78 is 2.43. The highest BCUT2D eigenvalue weighted by atomic mass is 79.9. The maximum Gasteiger partial charge on any atom is 0.283 e. The average molecular weight is 339 g/mol. The highest BCUT2D eigenvalue weighted by molar-refractivity contribution is 9.10. The lowest BCUT2D eigenvalue weighted by Crippen LogP contribution is -2.11. The highest BCUT2D eigenvalue weighted by Crippen LogP contribution is 2.28. The van der Waals surface area contributed by atoms with E-state index in [1.807, 2.05) is 23.8 Å². The van der Waals surface area contributed by atoms with Crippen molar-refractivity contribution in [3.8, 4) is 0 Å². The number of nitrogens with zero attached hydrogens (tertiary/aromatic N) is 3. The molecule has 106 valence electrons. The van der Waals surface area contributed by atoms with Gasteiger partial charge < -0.3 is 9.88 Å². The molecule has 0 aliphatic rings. The van der Waals surface area contributed by atoms with Gasteiger partial charge in [-0.15, -0.1) is 0 Å². The zero-order chi connectivity index (χ0) is 14.5. The summed E-state index contributed by atoms with van der Waals surface area (Å²) in [6, 6.07) is 5.04. The van der Waals surface area contributed by atoms with Crippen LogP contribution < -0.4 is 5.32 Å². The molecular weight excluding hydrogens is 324 g/mol. The van der Waals surface area contributed by atoms with E-state index in [2.05, 4.69) is 26.2 Å². The molecule has 6 nitrogen and oxygen atoms in total. The van der Waals surface area contributed by atoms with Crippen molar-refractivity contribution in [2.45, 2.75) is 20.0 Å². The summed E-state index contributed by atoms with van der Waals surface area (Å²) in [5, 5.41) is 14.1. The van der Waals surface area contributed by atoms with Crippen LogP contribution in [0, 0.1) is 10.1 Å². The molecular formula is C13H15BrN4O2. The molecule has 1 heterocycles. The number of imidazole rings is 1. The average Bonchev–Trinajstić information content (AvgIpc) is 2.86. The molecule has 2 aromatic rings. The molecule has 0 atom stereocenters. The Kier molecular flexibility index (Phi) is 4.86. The van der Waals surface area contributed by atoms with Crippen LogP contribution in [0.4, 0.5) is 5.69 Å². The number of benzene rings is 1. The molecule has 0 aliphatic heterocycles. The summed E-state index contributed by atoms with van der Waals surface area (Å²) in [6.45, 7) is 4.20. The van der Waals surface area contributed by atoms with E-state index in [0.29, 0.717) is 11.0 Å². The van der Waals surface area contributed by atoms with Crippen molar-refractivity contribution < 1.29 is 4.92 Å². The lowest BCUT2D eigenvalue weighted by Gasteiger charge is -2.05. The van der Waals surface area contributed by atoms with Gasteiger partial charge in [0, 0.05) is 25.4 Å². The van der Waals surface area contributed by atoms with Crippen LogP contribution in [-0.2, 0) is 13.1 Å². The third-order valence-corrected chi connectivity index (χ3v) is 3.77. The summed E-state index contributed by atoms with van der Waals surface area (Å²) >= 11 is 3.30. The number of nitro groups is 1. The van der Waals surface area contributed by atoms with Crippen LogP contribution in [0.1, 0.15) is 18.2 Å². The Morgan fingerprint density at radius 2 is 2.30 bits per heavy atom. The second-order valence-corrected chi connectivity index (χ2v) is 5.12. The molecule has 0 unspecified atom stereocenters. The number of nitro benzene ring substituents is 1. The van der Waals surface area contributed by atoms with E-state index < -0.39 is 4.92 Å². The molecule has 20 heavy (non-hydrogen) atoms. The van der Waals surface area contributed by atoms with Crippen LogP contribution in [0.5, 0.6) is 0 Å². The van der Waals surface area contributed by atoms with Gasteiger partial charge >= 0.3 is 0 Å². The first-order valence-electron chi connectivity index (χ1n) is 6.25. The predicted octanol–water partition coefficient (Wildman–Crippen LogP) is 2.71. The largest absolute Gasteiger partial charge is 0.333 e. The van der Waals surface area contributed by atoms with Gasteiger partial charge in [-0.3, -0.25) is 10.1 Å². The molecule has 7 heteroatoms. The van der Waals surface area contributed by atoms with Crippen molar-refractivity contribution >= 4 is 21.6 Å². The van der Waals surface area contributed by atoms with Crippen LogP contribution >= 0.6 is 15.9 Å². The first-order chi connectivity index (χ1) is 9.61. The minimum Gasteiger partial charge on any atom is -0.333 e. The molecule has 0 saturated carbocycles. The predicted molar refractivity (Wildman–Crippen MR) is 79.5 cm³/mol. The van der Waals surface area contributed by atoms with Gasteiger partial charge in [0.05, 0.1) is 16.9 Å². The summed E-state index contributed by atoms with van der Waals surface area (Å²) in [5.74, 6) is 0. The van der Waals surface area contributed by atoms with Gasteiger partial charge in [0.25, 0.3) is 5.69 Å². The van der Waals surface area contributed by atoms with E-state index in [0.717, 1.165) is 24.3 Å². The molecule has 1 aromatic heterocycles. The van der Waals surface area contributed by atoms with E-state index in [4.69, 9.17) is 0 Å². The molecule has 0 radical (unpaired) electrons. The minimum absolute atomic E-state index is 0.0792. The molecule has 0 saturated heterocycles. The smallest absolute Gasteiger partial charge is 0.283 e. The molecule has 2 rings (SSSR count). The zero-order valence-electron chi connectivity index (χ0n) is 11.0. The Morgan fingerprint density at radius 3 is 3.00 bits per heavy atom. The highest BCUT2D eigenvalue weighted by Gasteiger charge is 2.14. The Bertz CT molecular complexity index is 612. The normalized spacial score (nSPS) is 10.7. The van der Waals surface area contributed by atoms with Crippen molar-refractivity contribution in [1.82, 2.24) is 14.9 Å². The quantitative estimate of drug-likeness (QED) is 0.649. The van der Waals surface area contributed by atoms with Gasteiger partial charge in [-0.1, -0.05) is 19.1 Å². The van der Waals surface area contributed by atoms with Crippen LogP contribution in [0.2, 0.25) is 0 Å². The minimum atomic E-state index is -0.391. The molecule has 0 bridgehead atoms. The van der Waals surface area contributed by atoms with E-state index in [1.54, 1.807) is 12.4 Å². The SMILES string of the molecule is CCNCc1cn(Cc2cccc([N+](=O)[O-])c2Br)cn1. The van der Waals surface area contributed by atoms with Crippen LogP contribution in [0.25, 0.3) is 0 Å². The van der Waals surface area contributed by atoms with E-state index in [-0.39, 0.29) is 5.69 Å². The van der Waals surface area contributed by atoms with Crippen molar-refractivity contribution in [3.05, 3.63) is 56.6 Å². The summed E-state index contributed by atoms with van der Waals surface area (Å²) in [6.07, 6.45) is 3.67. The fourth-order valence-electron chi connectivity index (χ4n) is 1.86. The fraction of sp³-hybridized carbons (Fsp3) is 0.308. The Balaban J connectivity index is 2.16. The lowest BCUT2D eigenvalue weighted by atomic mass is 10.2. The first-order valence-corrected chi connectivity index (χ1v) is 7.04. The van der Waals surface area contributed by atoms with E-state index >= 15 is 0 Å². The van der Waals surface area contributed by atoms with Crippen LogP contribution in [0.3, 0.4) is 0 Å². The van der Waals surface area contributed by atoms with Crippen LogP contribution in [0.15, 0.2) is 35.2 Å². The monoisotopic (exact) mass is 338 g/mol. The first kappa shape index (κ1) is 14.7. The van der Waals surface area contributed by atoms with Crippen LogP contribution in [-0.4, -0.2) is 21.0 Å². The van der Waals surface area contributed by atoms with Gasteiger partial charge in [-0.2, -0.15) is 0 Å². The number of hydrogen-bond acceptors (Lipinski definition) is 4. The van der Waals surface area contributed by atoms with Crippen molar-refractivity contribution in [2.24, 2.45) is 0 Å². The second kappa shape index (κ2) is 6.62. The Morgan fingerprint density at radius 1 is 1.50 bits per heavy atom. The van der Waals surface area contributed by atoms with E-state index in [9.17, 15) is 10.1 Å². The molecule has 0 fully saturated rings. The Hall–Kier alpha value is -1.73. The maximum atomic E-state index is 10.9. The standard InChI is InChI=1S/C13H15BrN4O2/c1-2-15-6-11-8-17(9-16-11)7-10-4-3-5-12(13(10)14)18(19)20/h3-5,8-9,15H,2,6-7H2,1H3. The number of nitrogens with one attached hydrogen (secondary N) is 1. The van der Waals surface area contributed by atoms with Gasteiger partial charge in [0.15, 0.2) is 0 Å². The van der Waals surface area contributed by atoms with Gasteiger partial charge in [0.2, 0.25) is 0 Å². The number of rotatable bonds is 6. The van der Waals surface area contributed by atoms with E-state index in [1.165, 1.54) is 6.07 Å². The number of hydrogen-bond donors (Lipinski definition) is 1. The summed E-state index contributed by atoms with van der Waals surface area (Å²) in [5.41, 5.74) is 1.88. The molecule has 0 amide bonds. The second-order valence-electron chi connectivity index (χ2n) is 4.33. The molecule has 0 aliphatic carbocycles. The topological polar surface area (TPSA) is 73.0 Å². The Labute approximate surface area is 125 Å². The summed E-state index contributed by atoms with van der Waals surface area (Å²) in [4.78, 5) is 14.8. The van der Waals surface area contributed by atoms with Crippen molar-refractivity contribution in [3.63, 3.8) is 0 Å². The summed E-state index contributed by atoms with van der Waals surface area (Å²) in [7, 11) is 0. The molecule has 1 N–H and O–H groups in total. The van der Waals surface area contributed by atoms with Gasteiger partial charge in [-0.25, -0.2) is 4.98 Å². The fourth-order valence-corrected chi connectivity index (χ4v) is 2.40. The van der Waals surface area contributed by atoms with Gasteiger partial charge in [0.1, 0.15) is 4.47 Å². The van der Waals surface area contributed by atoms with Gasteiger partial charge in [-0.05, 0) is 28.0 Å². The number of aromatic nitrogens is 2. The van der Waals surface area contributed by atoms with Crippen molar-refractivity contribution in [2.75, 3.05) is 6.54 Å². The number of halogens is 1. The third-order valence-electron chi connectivity index (χ3n) is 2.85. The van der Waals surface area contributed by atoms with Crippen molar-refractivity contribution in [1.29, 1.82) is 0 Å². The zero-order valence-corrected chi connectivity index (χ0v) is 12.6. The molecule has 0 spiro atoms. The maximum absolute atomic E-state index is 10.9. The molecule has 1 aromatic carbocycles. The lowest BCUT2D eigenvalue weighted by molar-refractivity contribution is -0.385. The third kappa shape index (κ3) is 3.43.